The number of hydrogen-bond donors (Lipinski definition) is 0. The fourth-order valence-corrected chi connectivity index (χ4v) is 1.12. The van der Waals surface area contributed by atoms with Crippen LogP contribution in [0.2, 0.25) is 0 Å². The molecule has 0 N–H and O–H groups in total. The highest BCUT2D eigenvalue weighted by Gasteiger charge is 2.22. The second kappa shape index (κ2) is 4.67. The van der Waals surface area contributed by atoms with Crippen LogP contribution in [0.5, 0.6) is 11.5 Å². The van der Waals surface area contributed by atoms with E-state index in [9.17, 15) is 0 Å². The zero-order valence-corrected chi connectivity index (χ0v) is 8.18. The molecular formula is C11H11NO3. The van der Waals surface area contributed by atoms with Gasteiger partial charge in [-0.3, -0.25) is 0 Å². The van der Waals surface area contributed by atoms with E-state index >= 15 is 0 Å². The molecule has 1 unspecified atom stereocenters. The molecule has 0 spiro atoms. The second-order valence-corrected chi connectivity index (χ2v) is 3.19. The molecule has 0 amide bonds. The first-order valence-corrected chi connectivity index (χ1v) is 4.72. The number of rotatable bonds is 5. The molecular weight excluding hydrogens is 194 g/mol. The lowest BCUT2D eigenvalue weighted by molar-refractivity contribution is 0.261. The highest BCUT2D eigenvalue weighted by molar-refractivity contribution is 5.33. The molecule has 0 aromatic heterocycles. The quantitative estimate of drug-likeness (QED) is 0.681. The zero-order valence-electron chi connectivity index (χ0n) is 8.18. The Morgan fingerprint density at radius 3 is 2.80 bits per heavy atom. The number of ether oxygens (including phenoxy) is 3. The minimum Gasteiger partial charge on any atom is -0.491 e. The van der Waals surface area contributed by atoms with Gasteiger partial charge >= 0.3 is 0 Å². The second-order valence-electron chi connectivity index (χ2n) is 3.19. The van der Waals surface area contributed by atoms with Crippen LogP contribution in [-0.2, 0) is 4.74 Å². The first kappa shape index (κ1) is 9.81. The third-order valence-corrected chi connectivity index (χ3v) is 1.95. The molecule has 1 aromatic carbocycles. The van der Waals surface area contributed by atoms with Crippen molar-refractivity contribution in [3.8, 4) is 17.6 Å². The van der Waals surface area contributed by atoms with Crippen molar-refractivity contribution in [3.05, 3.63) is 24.3 Å². The Balaban J connectivity index is 1.89. The smallest absolute Gasteiger partial charge is 0.174 e. The lowest BCUT2D eigenvalue weighted by atomic mass is 10.3. The minimum atomic E-state index is 0.0508. The summed E-state index contributed by atoms with van der Waals surface area (Å²) in [6.45, 7) is 1.40. The molecule has 4 nitrogen and oxygen atoms in total. The predicted octanol–water partition coefficient (Wildman–Crippen LogP) is 1.37. The molecule has 78 valence electrons. The molecule has 1 saturated heterocycles. The van der Waals surface area contributed by atoms with Crippen LogP contribution in [0.15, 0.2) is 24.3 Å². The van der Waals surface area contributed by atoms with Gasteiger partial charge in [-0.25, -0.2) is 0 Å². The monoisotopic (exact) mass is 205 g/mol. The maximum absolute atomic E-state index is 8.36. The van der Waals surface area contributed by atoms with E-state index in [1.165, 1.54) is 0 Å². The largest absolute Gasteiger partial charge is 0.491 e. The predicted molar refractivity (Wildman–Crippen MR) is 52.8 cm³/mol. The van der Waals surface area contributed by atoms with Crippen molar-refractivity contribution in [2.45, 2.75) is 6.10 Å². The van der Waals surface area contributed by atoms with Gasteiger partial charge in [0.15, 0.2) is 6.61 Å². The Bertz CT molecular complexity index is 368. The van der Waals surface area contributed by atoms with E-state index in [0.717, 1.165) is 12.4 Å². The first-order valence-electron chi connectivity index (χ1n) is 4.72. The average molecular weight is 205 g/mol. The maximum Gasteiger partial charge on any atom is 0.174 e. The summed E-state index contributed by atoms with van der Waals surface area (Å²) < 4.78 is 15.6. The van der Waals surface area contributed by atoms with E-state index in [2.05, 4.69) is 0 Å². The van der Waals surface area contributed by atoms with Gasteiger partial charge in [-0.15, -0.1) is 0 Å². The summed E-state index contributed by atoms with van der Waals surface area (Å²) in [4.78, 5) is 0. The molecule has 1 aromatic rings. The van der Waals surface area contributed by atoms with Gasteiger partial charge in [0.05, 0.1) is 6.61 Å². The van der Waals surface area contributed by atoms with Crippen molar-refractivity contribution in [3.63, 3.8) is 0 Å². The molecule has 1 aliphatic heterocycles. The summed E-state index contributed by atoms with van der Waals surface area (Å²) in [6.07, 6.45) is 0.244. The van der Waals surface area contributed by atoms with Crippen LogP contribution in [0.1, 0.15) is 0 Å². The molecule has 0 bridgehead atoms. The van der Waals surface area contributed by atoms with Gasteiger partial charge in [-0.2, -0.15) is 5.26 Å². The summed E-state index contributed by atoms with van der Waals surface area (Å²) in [5.74, 6) is 1.38. The summed E-state index contributed by atoms with van der Waals surface area (Å²) in [6, 6.07) is 9.14. The van der Waals surface area contributed by atoms with Crippen molar-refractivity contribution in [2.24, 2.45) is 0 Å². The highest BCUT2D eigenvalue weighted by atomic mass is 16.6. The van der Waals surface area contributed by atoms with Crippen molar-refractivity contribution < 1.29 is 14.2 Å². The molecule has 0 radical (unpaired) electrons. The number of epoxide rings is 1. The summed E-state index contributed by atoms with van der Waals surface area (Å²) in [5, 5.41) is 8.36. The van der Waals surface area contributed by atoms with Crippen LogP contribution in [0, 0.1) is 11.3 Å². The Morgan fingerprint density at radius 1 is 1.40 bits per heavy atom. The standard InChI is InChI=1S/C11H11NO3/c12-4-5-13-9-2-1-3-10(6-9)14-7-11-8-15-11/h1-3,6,11H,5,7-8H2. The van der Waals surface area contributed by atoms with Crippen LogP contribution < -0.4 is 9.47 Å². The van der Waals surface area contributed by atoms with Crippen molar-refractivity contribution in [1.29, 1.82) is 5.26 Å². The van der Waals surface area contributed by atoms with Crippen LogP contribution in [0.3, 0.4) is 0 Å². The van der Waals surface area contributed by atoms with Gasteiger partial charge < -0.3 is 14.2 Å². The fraction of sp³-hybridized carbons (Fsp3) is 0.364. The van der Waals surface area contributed by atoms with E-state index < -0.39 is 0 Å². The van der Waals surface area contributed by atoms with Crippen LogP contribution in [0.25, 0.3) is 0 Å². The van der Waals surface area contributed by atoms with Gasteiger partial charge in [0.25, 0.3) is 0 Å². The van der Waals surface area contributed by atoms with Crippen LogP contribution >= 0.6 is 0 Å². The number of nitrogens with zero attached hydrogens (tertiary/aromatic N) is 1. The first-order chi connectivity index (χ1) is 7.38. The topological polar surface area (TPSA) is 54.8 Å². The number of nitriles is 1. The summed E-state index contributed by atoms with van der Waals surface area (Å²) >= 11 is 0. The maximum atomic E-state index is 8.36. The lowest BCUT2D eigenvalue weighted by Crippen LogP contribution is -2.04. The molecule has 1 aliphatic rings. The van der Waals surface area contributed by atoms with Gasteiger partial charge in [0.2, 0.25) is 0 Å². The average Bonchev–Trinajstić information content (AvgIpc) is 3.08. The normalized spacial score (nSPS) is 17.9. The van der Waals surface area contributed by atoms with E-state index in [0.29, 0.717) is 12.4 Å². The Hall–Kier alpha value is -1.73. The summed E-state index contributed by atoms with van der Waals surface area (Å²) in [7, 11) is 0. The molecule has 4 heteroatoms. The summed E-state index contributed by atoms with van der Waals surface area (Å²) in [5.41, 5.74) is 0. The minimum absolute atomic E-state index is 0.0508. The molecule has 1 atom stereocenters. The van der Waals surface area contributed by atoms with Gasteiger partial charge in [-0.05, 0) is 12.1 Å². The van der Waals surface area contributed by atoms with Crippen LogP contribution in [-0.4, -0.2) is 25.9 Å². The Kier molecular flexibility index (Phi) is 3.05. The van der Waals surface area contributed by atoms with Crippen molar-refractivity contribution >= 4 is 0 Å². The van der Waals surface area contributed by atoms with Crippen LogP contribution in [0.4, 0.5) is 0 Å². The molecule has 1 fully saturated rings. The van der Waals surface area contributed by atoms with E-state index in [-0.39, 0.29) is 12.7 Å². The van der Waals surface area contributed by atoms with Crippen molar-refractivity contribution in [2.75, 3.05) is 19.8 Å². The molecule has 15 heavy (non-hydrogen) atoms. The third kappa shape index (κ3) is 3.15. The van der Waals surface area contributed by atoms with Gasteiger partial charge in [0.1, 0.15) is 30.3 Å². The van der Waals surface area contributed by atoms with E-state index in [1.54, 1.807) is 12.1 Å². The highest BCUT2D eigenvalue weighted by Crippen LogP contribution is 2.20. The molecule has 1 heterocycles. The number of hydrogen-bond acceptors (Lipinski definition) is 4. The molecule has 0 saturated carbocycles. The molecule has 0 aliphatic carbocycles. The molecule has 2 rings (SSSR count). The van der Waals surface area contributed by atoms with E-state index in [4.69, 9.17) is 19.5 Å². The van der Waals surface area contributed by atoms with Gasteiger partial charge in [-0.1, -0.05) is 6.07 Å². The SMILES string of the molecule is N#CCOc1cccc(OCC2CO2)c1. The van der Waals surface area contributed by atoms with Gasteiger partial charge in [0, 0.05) is 6.07 Å². The zero-order chi connectivity index (χ0) is 10.5. The third-order valence-electron chi connectivity index (χ3n) is 1.95. The van der Waals surface area contributed by atoms with Crippen molar-refractivity contribution in [1.82, 2.24) is 0 Å². The van der Waals surface area contributed by atoms with E-state index in [1.807, 2.05) is 18.2 Å². The Labute approximate surface area is 88.0 Å². The lowest BCUT2D eigenvalue weighted by Gasteiger charge is -2.06. The Morgan fingerprint density at radius 2 is 2.13 bits per heavy atom. The fourth-order valence-electron chi connectivity index (χ4n) is 1.12. The number of benzene rings is 1.